The Morgan fingerprint density at radius 3 is 2.70 bits per heavy atom. The molecule has 2 fully saturated rings. The highest BCUT2D eigenvalue weighted by atomic mass is 16.3. The lowest BCUT2D eigenvalue weighted by Crippen LogP contribution is -2.54. The molecule has 0 saturated carbocycles. The fourth-order valence-corrected chi connectivity index (χ4v) is 3.18. The Bertz CT molecular complexity index is 319. The molecule has 2 rings (SSSR count). The molecule has 2 aliphatic rings. The van der Waals surface area contributed by atoms with E-state index in [0.717, 1.165) is 45.3 Å². The molecule has 5 nitrogen and oxygen atoms in total. The summed E-state index contributed by atoms with van der Waals surface area (Å²) >= 11 is 0. The van der Waals surface area contributed by atoms with Crippen LogP contribution < -0.4 is 10.6 Å². The highest BCUT2D eigenvalue weighted by Gasteiger charge is 2.31. The van der Waals surface area contributed by atoms with E-state index < -0.39 is 5.60 Å². The Morgan fingerprint density at radius 2 is 2.15 bits per heavy atom. The normalized spacial score (nSPS) is 29.6. The van der Waals surface area contributed by atoms with Crippen LogP contribution in [0.2, 0.25) is 0 Å². The molecule has 0 aromatic rings. The Hall–Kier alpha value is -0.650. The molecule has 0 bridgehead atoms. The van der Waals surface area contributed by atoms with Crippen LogP contribution in [0.4, 0.5) is 0 Å². The predicted octanol–water partition coefficient (Wildman–Crippen LogP) is 0.338. The van der Waals surface area contributed by atoms with Gasteiger partial charge in [0.2, 0.25) is 5.91 Å². The van der Waals surface area contributed by atoms with Gasteiger partial charge in [-0.05, 0) is 59.2 Å². The molecule has 20 heavy (non-hydrogen) atoms. The van der Waals surface area contributed by atoms with Gasteiger partial charge in [0, 0.05) is 25.0 Å². The van der Waals surface area contributed by atoms with E-state index in [1.165, 1.54) is 0 Å². The van der Waals surface area contributed by atoms with Crippen molar-refractivity contribution < 1.29 is 9.90 Å². The van der Waals surface area contributed by atoms with Crippen molar-refractivity contribution in [3.05, 3.63) is 0 Å². The van der Waals surface area contributed by atoms with Crippen molar-refractivity contribution >= 4 is 5.91 Å². The van der Waals surface area contributed by atoms with Crippen LogP contribution in [0, 0.1) is 5.92 Å². The second-order valence-electron chi connectivity index (χ2n) is 6.63. The van der Waals surface area contributed by atoms with E-state index in [0.29, 0.717) is 19.1 Å². The van der Waals surface area contributed by atoms with Gasteiger partial charge in [0.25, 0.3) is 0 Å². The number of likely N-dealkylation sites (tertiary alicyclic amines) is 1. The average molecular weight is 283 g/mol. The fourth-order valence-electron chi connectivity index (χ4n) is 3.18. The van der Waals surface area contributed by atoms with Crippen LogP contribution in [0.3, 0.4) is 0 Å². The van der Waals surface area contributed by atoms with Crippen molar-refractivity contribution in [2.45, 2.75) is 51.2 Å². The van der Waals surface area contributed by atoms with Gasteiger partial charge in [0.15, 0.2) is 0 Å². The van der Waals surface area contributed by atoms with Gasteiger partial charge >= 0.3 is 0 Å². The zero-order chi connectivity index (χ0) is 14.6. The van der Waals surface area contributed by atoms with Crippen LogP contribution in [0.1, 0.15) is 39.5 Å². The quantitative estimate of drug-likeness (QED) is 0.696. The number of rotatable bonds is 4. The standard InChI is InChI=1S/C15H29N3O2/c1-12(2)18-8-4-13(5-9-18)14(19)17-11-15(20)6-3-7-16-10-15/h12-13,16,20H,3-11H2,1-2H3,(H,17,19). The summed E-state index contributed by atoms with van der Waals surface area (Å²) in [4.78, 5) is 14.6. The van der Waals surface area contributed by atoms with E-state index >= 15 is 0 Å². The summed E-state index contributed by atoms with van der Waals surface area (Å²) in [6.07, 6.45) is 3.60. The molecule has 0 spiro atoms. The number of hydrogen-bond acceptors (Lipinski definition) is 4. The third-order valence-corrected chi connectivity index (χ3v) is 4.67. The fraction of sp³-hybridized carbons (Fsp3) is 0.933. The largest absolute Gasteiger partial charge is 0.387 e. The Balaban J connectivity index is 1.73. The first-order valence-corrected chi connectivity index (χ1v) is 7.95. The molecule has 2 heterocycles. The van der Waals surface area contributed by atoms with Crippen molar-refractivity contribution in [2.75, 3.05) is 32.7 Å². The first kappa shape index (κ1) is 15.7. The Kier molecular flexibility index (Phi) is 5.41. The van der Waals surface area contributed by atoms with Gasteiger partial charge in [0.05, 0.1) is 5.60 Å². The Labute approximate surface area is 122 Å². The minimum absolute atomic E-state index is 0.116. The summed E-state index contributed by atoms with van der Waals surface area (Å²) in [5.41, 5.74) is -0.757. The van der Waals surface area contributed by atoms with E-state index in [2.05, 4.69) is 29.4 Å². The smallest absolute Gasteiger partial charge is 0.223 e. The summed E-state index contributed by atoms with van der Waals surface area (Å²) in [5.74, 6) is 0.234. The van der Waals surface area contributed by atoms with Gasteiger partial charge in [-0.25, -0.2) is 0 Å². The summed E-state index contributed by atoms with van der Waals surface area (Å²) < 4.78 is 0. The molecular weight excluding hydrogens is 254 g/mol. The van der Waals surface area contributed by atoms with Gasteiger partial charge in [0.1, 0.15) is 0 Å². The van der Waals surface area contributed by atoms with Gasteiger partial charge < -0.3 is 20.6 Å². The number of aliphatic hydroxyl groups is 1. The molecular formula is C15H29N3O2. The molecule has 116 valence electrons. The summed E-state index contributed by atoms with van der Waals surface area (Å²) in [6.45, 7) is 8.33. The van der Waals surface area contributed by atoms with Gasteiger partial charge in [-0.3, -0.25) is 4.79 Å². The predicted molar refractivity (Wildman–Crippen MR) is 79.5 cm³/mol. The summed E-state index contributed by atoms with van der Waals surface area (Å²) in [5, 5.41) is 16.5. The van der Waals surface area contributed by atoms with Crippen molar-refractivity contribution in [2.24, 2.45) is 5.92 Å². The van der Waals surface area contributed by atoms with Crippen LogP contribution in [-0.4, -0.2) is 60.3 Å². The molecule has 3 N–H and O–H groups in total. The highest BCUT2D eigenvalue weighted by molar-refractivity contribution is 5.78. The number of piperidine rings is 2. The second kappa shape index (κ2) is 6.87. The molecule has 2 saturated heterocycles. The molecule has 1 unspecified atom stereocenters. The van der Waals surface area contributed by atoms with Crippen LogP contribution >= 0.6 is 0 Å². The summed E-state index contributed by atoms with van der Waals surface area (Å²) in [7, 11) is 0. The van der Waals surface area contributed by atoms with E-state index in [9.17, 15) is 9.90 Å². The molecule has 1 amide bonds. The van der Waals surface area contributed by atoms with Crippen molar-refractivity contribution in [3.63, 3.8) is 0 Å². The number of β-amino-alcohol motifs (C(OH)–C–C–N with tert-alkyl or cyclic N) is 1. The molecule has 0 radical (unpaired) electrons. The lowest BCUT2D eigenvalue weighted by atomic mass is 9.92. The van der Waals surface area contributed by atoms with E-state index in [1.807, 2.05) is 0 Å². The molecule has 0 aromatic heterocycles. The minimum Gasteiger partial charge on any atom is -0.387 e. The van der Waals surface area contributed by atoms with Gasteiger partial charge in [-0.1, -0.05) is 0 Å². The maximum Gasteiger partial charge on any atom is 0.223 e. The average Bonchev–Trinajstić information content (AvgIpc) is 2.46. The zero-order valence-electron chi connectivity index (χ0n) is 12.8. The number of carbonyl (C=O) groups excluding carboxylic acids is 1. The van der Waals surface area contributed by atoms with E-state index in [1.54, 1.807) is 0 Å². The van der Waals surface area contributed by atoms with Gasteiger partial charge in [-0.2, -0.15) is 0 Å². The molecule has 0 aliphatic carbocycles. The molecule has 1 atom stereocenters. The monoisotopic (exact) mass is 283 g/mol. The number of nitrogens with one attached hydrogen (secondary N) is 2. The molecule has 0 aromatic carbocycles. The zero-order valence-corrected chi connectivity index (χ0v) is 12.8. The van der Waals surface area contributed by atoms with Crippen LogP contribution in [0.25, 0.3) is 0 Å². The van der Waals surface area contributed by atoms with Crippen LogP contribution in [0.15, 0.2) is 0 Å². The van der Waals surface area contributed by atoms with Crippen molar-refractivity contribution in [3.8, 4) is 0 Å². The second-order valence-corrected chi connectivity index (χ2v) is 6.63. The SMILES string of the molecule is CC(C)N1CCC(C(=O)NCC2(O)CCCNC2)CC1. The maximum absolute atomic E-state index is 12.2. The van der Waals surface area contributed by atoms with Crippen LogP contribution in [-0.2, 0) is 4.79 Å². The third kappa shape index (κ3) is 4.17. The van der Waals surface area contributed by atoms with E-state index in [4.69, 9.17) is 0 Å². The molecule has 2 aliphatic heterocycles. The van der Waals surface area contributed by atoms with Crippen molar-refractivity contribution in [1.82, 2.24) is 15.5 Å². The van der Waals surface area contributed by atoms with E-state index in [-0.39, 0.29) is 11.8 Å². The lowest BCUT2D eigenvalue weighted by Gasteiger charge is -2.35. The number of carbonyl (C=O) groups is 1. The molecule has 5 heteroatoms. The third-order valence-electron chi connectivity index (χ3n) is 4.67. The summed E-state index contributed by atoms with van der Waals surface area (Å²) in [6, 6.07) is 0.563. The van der Waals surface area contributed by atoms with Crippen molar-refractivity contribution in [1.29, 1.82) is 0 Å². The minimum atomic E-state index is -0.757. The number of amides is 1. The number of nitrogens with zero attached hydrogens (tertiary/aromatic N) is 1. The first-order chi connectivity index (χ1) is 9.50. The van der Waals surface area contributed by atoms with Crippen LogP contribution in [0.5, 0.6) is 0 Å². The topological polar surface area (TPSA) is 64.6 Å². The lowest BCUT2D eigenvalue weighted by molar-refractivity contribution is -0.128. The highest BCUT2D eigenvalue weighted by Crippen LogP contribution is 2.20. The number of hydrogen-bond donors (Lipinski definition) is 3. The van der Waals surface area contributed by atoms with Gasteiger partial charge in [-0.15, -0.1) is 0 Å². The first-order valence-electron chi connectivity index (χ1n) is 7.95. The Morgan fingerprint density at radius 1 is 1.45 bits per heavy atom. The maximum atomic E-state index is 12.2.